The summed E-state index contributed by atoms with van der Waals surface area (Å²) in [4.78, 5) is 27.6. The van der Waals surface area contributed by atoms with Gasteiger partial charge < -0.3 is 14.6 Å². The second-order valence-electron chi connectivity index (χ2n) is 9.29. The lowest BCUT2D eigenvalue weighted by Crippen LogP contribution is -2.31. The highest BCUT2D eigenvalue weighted by atomic mass is 32.2. The number of hydrogen-bond acceptors (Lipinski definition) is 6. The molecule has 3 aliphatic rings. The van der Waals surface area contributed by atoms with Gasteiger partial charge in [0.15, 0.2) is 15.5 Å². The van der Waals surface area contributed by atoms with Gasteiger partial charge in [-0.15, -0.1) is 0 Å². The van der Waals surface area contributed by atoms with Gasteiger partial charge in [0.2, 0.25) is 0 Å². The molecule has 2 saturated heterocycles. The molecule has 2 aromatic heterocycles. The zero-order chi connectivity index (χ0) is 22.3. The topological polar surface area (TPSA) is 109 Å². The maximum Gasteiger partial charge on any atom is 0.257 e. The third-order valence-electron chi connectivity index (χ3n) is 7.19. The summed E-state index contributed by atoms with van der Waals surface area (Å²) in [5.74, 6) is 0.378. The van der Waals surface area contributed by atoms with Crippen molar-refractivity contribution in [1.82, 2.24) is 19.9 Å². The van der Waals surface area contributed by atoms with Gasteiger partial charge in [-0.2, -0.15) is 0 Å². The number of sulfone groups is 1. The number of epoxide rings is 1. The van der Waals surface area contributed by atoms with Crippen molar-refractivity contribution in [2.45, 2.75) is 48.5 Å². The van der Waals surface area contributed by atoms with E-state index in [0.29, 0.717) is 41.0 Å². The maximum absolute atomic E-state index is 13.3. The number of aromatic amines is 1. The van der Waals surface area contributed by atoms with Gasteiger partial charge in [-0.1, -0.05) is 12.1 Å². The SMILES string of the molecule is CC(C)S(=O)(=O)c1ccc(-c2cnc3[nH]cc(C(=O)N4CC5CCC6OC56C4)c3n2)cc1. The number of fused-ring (bicyclic) bond motifs is 1. The summed E-state index contributed by atoms with van der Waals surface area (Å²) < 4.78 is 30.7. The Morgan fingerprint density at radius 2 is 2.03 bits per heavy atom. The average molecular weight is 453 g/mol. The van der Waals surface area contributed by atoms with Crippen molar-refractivity contribution in [2.24, 2.45) is 5.92 Å². The molecule has 1 aliphatic carbocycles. The number of carbonyl (C=O) groups excluding carboxylic acids is 1. The molecule has 1 saturated carbocycles. The molecule has 2 aliphatic heterocycles. The Bertz CT molecular complexity index is 1350. The van der Waals surface area contributed by atoms with Crippen LogP contribution in [-0.2, 0) is 14.6 Å². The molecule has 3 aromatic rings. The number of nitrogens with one attached hydrogen (secondary N) is 1. The minimum atomic E-state index is -3.34. The van der Waals surface area contributed by atoms with E-state index in [0.717, 1.165) is 24.9 Å². The van der Waals surface area contributed by atoms with Crippen LogP contribution in [0.4, 0.5) is 0 Å². The van der Waals surface area contributed by atoms with E-state index in [-0.39, 0.29) is 16.4 Å². The minimum Gasteiger partial charge on any atom is -0.364 e. The van der Waals surface area contributed by atoms with Crippen molar-refractivity contribution in [3.8, 4) is 11.3 Å². The van der Waals surface area contributed by atoms with Crippen LogP contribution in [-0.4, -0.2) is 64.2 Å². The number of amides is 1. The summed E-state index contributed by atoms with van der Waals surface area (Å²) in [6.07, 6.45) is 5.84. The largest absolute Gasteiger partial charge is 0.364 e. The third kappa shape index (κ3) is 2.77. The lowest BCUT2D eigenvalue weighted by Gasteiger charge is -2.15. The Kier molecular flexibility index (Phi) is 4.11. The number of aromatic nitrogens is 3. The van der Waals surface area contributed by atoms with E-state index in [1.54, 1.807) is 50.5 Å². The van der Waals surface area contributed by atoms with Crippen LogP contribution in [0.25, 0.3) is 22.4 Å². The van der Waals surface area contributed by atoms with Crippen LogP contribution >= 0.6 is 0 Å². The van der Waals surface area contributed by atoms with Gasteiger partial charge in [-0.05, 0) is 38.8 Å². The third-order valence-corrected chi connectivity index (χ3v) is 9.36. The first-order valence-corrected chi connectivity index (χ1v) is 12.5. The molecule has 166 valence electrons. The van der Waals surface area contributed by atoms with E-state index < -0.39 is 15.1 Å². The van der Waals surface area contributed by atoms with E-state index in [4.69, 9.17) is 9.72 Å². The molecule has 1 spiro atoms. The van der Waals surface area contributed by atoms with Crippen molar-refractivity contribution in [2.75, 3.05) is 13.1 Å². The van der Waals surface area contributed by atoms with E-state index >= 15 is 0 Å². The van der Waals surface area contributed by atoms with Crippen molar-refractivity contribution < 1.29 is 17.9 Å². The number of nitrogens with zero attached hydrogens (tertiary/aromatic N) is 3. The second-order valence-corrected chi connectivity index (χ2v) is 11.8. The molecule has 4 heterocycles. The summed E-state index contributed by atoms with van der Waals surface area (Å²) in [6.45, 7) is 4.69. The van der Waals surface area contributed by atoms with Crippen LogP contribution in [0, 0.1) is 5.92 Å². The van der Waals surface area contributed by atoms with E-state index in [1.165, 1.54) is 0 Å². The highest BCUT2D eigenvalue weighted by Gasteiger charge is 2.69. The molecule has 3 fully saturated rings. The van der Waals surface area contributed by atoms with E-state index in [1.807, 2.05) is 4.90 Å². The highest BCUT2D eigenvalue weighted by molar-refractivity contribution is 7.92. The van der Waals surface area contributed by atoms with Crippen LogP contribution in [0.3, 0.4) is 0 Å². The first-order valence-electron chi connectivity index (χ1n) is 10.9. The summed E-state index contributed by atoms with van der Waals surface area (Å²) in [6, 6.07) is 6.64. The molecule has 0 radical (unpaired) electrons. The van der Waals surface area contributed by atoms with Gasteiger partial charge >= 0.3 is 0 Å². The normalized spacial score (nSPS) is 26.5. The maximum atomic E-state index is 13.3. The summed E-state index contributed by atoms with van der Waals surface area (Å²) in [7, 11) is -3.34. The lowest BCUT2D eigenvalue weighted by molar-refractivity contribution is 0.0782. The first-order chi connectivity index (χ1) is 15.3. The standard InChI is InChI=1S/C23H24N4O4S/c1-13(2)32(29,30)16-6-3-14(4-7-16)18-10-25-21-20(26-18)17(9-24-21)22(28)27-11-15-5-8-19-23(15,12-27)31-19/h3-4,6-7,9-10,13,15,19H,5,8,11-12H2,1-2H3,(H,24,25). The number of hydrogen-bond donors (Lipinski definition) is 1. The number of rotatable bonds is 4. The number of carbonyl (C=O) groups is 1. The molecular weight excluding hydrogens is 428 g/mol. The molecule has 32 heavy (non-hydrogen) atoms. The molecule has 9 heteroatoms. The highest BCUT2D eigenvalue weighted by Crippen LogP contribution is 2.57. The van der Waals surface area contributed by atoms with Gasteiger partial charge in [0.1, 0.15) is 11.1 Å². The molecule has 8 nitrogen and oxygen atoms in total. The Labute approximate surface area is 185 Å². The molecule has 3 atom stereocenters. The van der Waals surface area contributed by atoms with Crippen molar-refractivity contribution in [1.29, 1.82) is 0 Å². The fourth-order valence-electron chi connectivity index (χ4n) is 5.24. The Hall–Kier alpha value is -2.78. The van der Waals surface area contributed by atoms with Gasteiger partial charge in [0.05, 0.1) is 40.2 Å². The zero-order valence-corrected chi connectivity index (χ0v) is 18.7. The Morgan fingerprint density at radius 3 is 2.72 bits per heavy atom. The van der Waals surface area contributed by atoms with Crippen molar-refractivity contribution in [3.63, 3.8) is 0 Å². The minimum absolute atomic E-state index is 0.0564. The number of benzene rings is 1. The zero-order valence-electron chi connectivity index (χ0n) is 17.9. The summed E-state index contributed by atoms with van der Waals surface area (Å²) in [5, 5.41) is -0.487. The van der Waals surface area contributed by atoms with Crippen molar-refractivity contribution >= 4 is 26.9 Å². The van der Waals surface area contributed by atoms with Gasteiger partial charge in [-0.25, -0.2) is 18.4 Å². The molecule has 1 amide bonds. The van der Waals surface area contributed by atoms with Crippen LogP contribution in [0.5, 0.6) is 0 Å². The van der Waals surface area contributed by atoms with Crippen LogP contribution in [0.2, 0.25) is 0 Å². The summed E-state index contributed by atoms with van der Waals surface area (Å²) in [5.41, 5.74) is 2.80. The molecule has 6 rings (SSSR count). The smallest absolute Gasteiger partial charge is 0.257 e. The van der Waals surface area contributed by atoms with E-state index in [9.17, 15) is 13.2 Å². The molecular formula is C23H24N4O4S. The molecule has 1 aromatic carbocycles. The predicted molar refractivity (Wildman–Crippen MR) is 118 cm³/mol. The quantitative estimate of drug-likeness (QED) is 0.610. The lowest BCUT2D eigenvalue weighted by atomic mass is 10.00. The first kappa shape index (κ1) is 19.9. The summed E-state index contributed by atoms with van der Waals surface area (Å²) >= 11 is 0. The van der Waals surface area contributed by atoms with E-state index in [2.05, 4.69) is 9.97 Å². The van der Waals surface area contributed by atoms with Gasteiger partial charge in [0, 0.05) is 24.2 Å². The van der Waals surface area contributed by atoms with Crippen LogP contribution in [0.15, 0.2) is 41.6 Å². The molecule has 1 N–H and O–H groups in total. The Morgan fingerprint density at radius 1 is 1.25 bits per heavy atom. The number of likely N-dealkylation sites (tertiary alicyclic amines) is 1. The van der Waals surface area contributed by atoms with Crippen LogP contribution in [0.1, 0.15) is 37.0 Å². The Balaban J connectivity index is 1.30. The monoisotopic (exact) mass is 452 g/mol. The van der Waals surface area contributed by atoms with Gasteiger partial charge in [-0.3, -0.25) is 4.79 Å². The van der Waals surface area contributed by atoms with Crippen molar-refractivity contribution in [3.05, 3.63) is 42.2 Å². The second kappa shape index (κ2) is 6.62. The number of ether oxygens (including phenoxy) is 1. The predicted octanol–water partition coefficient (Wildman–Crippen LogP) is 2.81. The number of H-pyrrole nitrogens is 1. The fourth-order valence-corrected chi connectivity index (χ4v) is 6.30. The average Bonchev–Trinajstić information content (AvgIpc) is 3.10. The molecule has 0 bridgehead atoms. The molecule has 3 unspecified atom stereocenters. The van der Waals surface area contributed by atoms with Gasteiger partial charge in [0.25, 0.3) is 5.91 Å². The van der Waals surface area contributed by atoms with Crippen LogP contribution < -0.4 is 0 Å². The fraction of sp³-hybridized carbons (Fsp3) is 0.435.